The van der Waals surface area contributed by atoms with E-state index in [0.29, 0.717) is 17.9 Å². The van der Waals surface area contributed by atoms with Crippen LogP contribution in [-0.4, -0.2) is 35.2 Å². The highest BCUT2D eigenvalue weighted by molar-refractivity contribution is 4.92. The number of aliphatic hydroxyl groups excluding tert-OH is 1. The third-order valence-corrected chi connectivity index (χ3v) is 4.52. The van der Waals surface area contributed by atoms with Crippen LogP contribution in [-0.2, 0) is 0 Å². The van der Waals surface area contributed by atoms with E-state index >= 15 is 0 Å². The van der Waals surface area contributed by atoms with E-state index in [9.17, 15) is 5.11 Å². The van der Waals surface area contributed by atoms with Gasteiger partial charge in [-0.15, -0.1) is 0 Å². The SMILES string of the molecule is CC1CC(C)C(N(C)C2CCC2)C(O)C1. The fourth-order valence-corrected chi connectivity index (χ4v) is 3.51. The molecule has 0 heterocycles. The van der Waals surface area contributed by atoms with E-state index in [-0.39, 0.29) is 6.10 Å². The van der Waals surface area contributed by atoms with Crippen molar-refractivity contribution in [2.45, 2.75) is 64.1 Å². The molecule has 2 fully saturated rings. The summed E-state index contributed by atoms with van der Waals surface area (Å²) >= 11 is 0. The van der Waals surface area contributed by atoms with E-state index < -0.39 is 0 Å². The molecule has 1 N–H and O–H groups in total. The zero-order valence-electron chi connectivity index (χ0n) is 10.3. The third-order valence-electron chi connectivity index (χ3n) is 4.52. The molecule has 0 radical (unpaired) electrons. The molecule has 2 nitrogen and oxygen atoms in total. The van der Waals surface area contributed by atoms with Gasteiger partial charge in [-0.1, -0.05) is 20.3 Å². The first-order valence-electron chi connectivity index (χ1n) is 6.49. The van der Waals surface area contributed by atoms with Gasteiger partial charge in [-0.3, -0.25) is 4.90 Å². The zero-order valence-corrected chi connectivity index (χ0v) is 10.3. The van der Waals surface area contributed by atoms with Crippen molar-refractivity contribution in [1.82, 2.24) is 4.90 Å². The number of rotatable bonds is 2. The molecule has 88 valence electrons. The van der Waals surface area contributed by atoms with E-state index in [4.69, 9.17) is 0 Å². The van der Waals surface area contributed by atoms with Gasteiger partial charge >= 0.3 is 0 Å². The minimum absolute atomic E-state index is 0.102. The van der Waals surface area contributed by atoms with Crippen molar-refractivity contribution >= 4 is 0 Å². The Morgan fingerprint density at radius 3 is 2.27 bits per heavy atom. The van der Waals surface area contributed by atoms with Gasteiger partial charge in [-0.2, -0.15) is 0 Å². The van der Waals surface area contributed by atoms with Crippen molar-refractivity contribution in [3.8, 4) is 0 Å². The maximum atomic E-state index is 10.2. The lowest BCUT2D eigenvalue weighted by Gasteiger charge is -2.47. The molecule has 2 aliphatic rings. The van der Waals surface area contributed by atoms with Crippen molar-refractivity contribution in [2.75, 3.05) is 7.05 Å². The molecule has 2 saturated carbocycles. The van der Waals surface area contributed by atoms with Gasteiger partial charge < -0.3 is 5.11 Å². The fraction of sp³-hybridized carbons (Fsp3) is 1.00. The Labute approximate surface area is 93.7 Å². The second kappa shape index (κ2) is 4.42. The highest BCUT2D eigenvalue weighted by atomic mass is 16.3. The van der Waals surface area contributed by atoms with Crippen LogP contribution in [0.3, 0.4) is 0 Å². The van der Waals surface area contributed by atoms with E-state index in [0.717, 1.165) is 12.5 Å². The predicted octanol–water partition coefficient (Wildman–Crippen LogP) is 2.27. The Morgan fingerprint density at radius 2 is 1.80 bits per heavy atom. The average Bonchev–Trinajstić information content (AvgIpc) is 1.97. The molecule has 0 aliphatic heterocycles. The minimum atomic E-state index is -0.102. The second-order valence-corrected chi connectivity index (χ2v) is 5.86. The lowest BCUT2D eigenvalue weighted by Crippen LogP contribution is -2.54. The fourth-order valence-electron chi connectivity index (χ4n) is 3.51. The first-order chi connectivity index (χ1) is 7.09. The van der Waals surface area contributed by atoms with Gasteiger partial charge in [0.1, 0.15) is 0 Å². The Balaban J connectivity index is 1.99. The normalized spacial score (nSPS) is 43.0. The molecule has 0 aromatic carbocycles. The predicted molar refractivity (Wildman–Crippen MR) is 62.8 cm³/mol. The number of hydrogen-bond donors (Lipinski definition) is 1. The van der Waals surface area contributed by atoms with Crippen LogP contribution >= 0.6 is 0 Å². The first kappa shape index (κ1) is 11.4. The summed E-state index contributed by atoms with van der Waals surface area (Å²) in [6.07, 6.45) is 6.21. The first-order valence-corrected chi connectivity index (χ1v) is 6.49. The Bertz CT molecular complexity index is 203. The average molecular weight is 211 g/mol. The molecule has 0 amide bonds. The molecular weight excluding hydrogens is 186 g/mol. The highest BCUT2D eigenvalue weighted by Crippen LogP contribution is 2.35. The van der Waals surface area contributed by atoms with Crippen molar-refractivity contribution in [1.29, 1.82) is 0 Å². The summed E-state index contributed by atoms with van der Waals surface area (Å²) in [5.41, 5.74) is 0. The van der Waals surface area contributed by atoms with Gasteiger partial charge in [-0.05, 0) is 44.6 Å². The molecule has 2 aliphatic carbocycles. The van der Waals surface area contributed by atoms with Crippen molar-refractivity contribution in [3.05, 3.63) is 0 Å². The lowest BCUT2D eigenvalue weighted by atomic mass is 9.76. The molecule has 0 bridgehead atoms. The molecule has 2 rings (SSSR count). The summed E-state index contributed by atoms with van der Waals surface area (Å²) < 4.78 is 0. The van der Waals surface area contributed by atoms with E-state index in [2.05, 4.69) is 25.8 Å². The smallest absolute Gasteiger partial charge is 0.0700 e. The Morgan fingerprint density at radius 1 is 1.13 bits per heavy atom. The van der Waals surface area contributed by atoms with Crippen LogP contribution in [0.2, 0.25) is 0 Å². The Kier molecular flexibility index (Phi) is 3.36. The monoisotopic (exact) mass is 211 g/mol. The van der Waals surface area contributed by atoms with Crippen LogP contribution in [0.4, 0.5) is 0 Å². The number of hydrogen-bond acceptors (Lipinski definition) is 2. The summed E-state index contributed by atoms with van der Waals surface area (Å²) in [6.45, 7) is 4.57. The van der Waals surface area contributed by atoms with Crippen LogP contribution in [0.25, 0.3) is 0 Å². The van der Waals surface area contributed by atoms with E-state index in [1.165, 1.54) is 25.7 Å². The van der Waals surface area contributed by atoms with E-state index in [1.807, 2.05) is 0 Å². The molecule has 0 saturated heterocycles. The van der Waals surface area contributed by atoms with Gasteiger partial charge in [0.2, 0.25) is 0 Å². The summed E-state index contributed by atoms with van der Waals surface area (Å²) in [5.74, 6) is 1.34. The zero-order chi connectivity index (χ0) is 11.0. The van der Waals surface area contributed by atoms with Gasteiger partial charge in [0.05, 0.1) is 6.10 Å². The molecule has 4 atom stereocenters. The molecule has 0 aromatic rings. The van der Waals surface area contributed by atoms with Crippen LogP contribution in [0.5, 0.6) is 0 Å². The quantitative estimate of drug-likeness (QED) is 0.757. The largest absolute Gasteiger partial charge is 0.391 e. The maximum absolute atomic E-state index is 10.2. The van der Waals surface area contributed by atoms with Crippen LogP contribution in [0, 0.1) is 11.8 Å². The number of nitrogens with zero attached hydrogens (tertiary/aromatic N) is 1. The Hall–Kier alpha value is -0.0800. The van der Waals surface area contributed by atoms with Gasteiger partial charge in [0.15, 0.2) is 0 Å². The van der Waals surface area contributed by atoms with Crippen molar-refractivity contribution in [3.63, 3.8) is 0 Å². The van der Waals surface area contributed by atoms with Gasteiger partial charge in [0.25, 0.3) is 0 Å². The van der Waals surface area contributed by atoms with Crippen molar-refractivity contribution in [2.24, 2.45) is 11.8 Å². The van der Waals surface area contributed by atoms with Crippen LogP contribution in [0.15, 0.2) is 0 Å². The molecule has 0 spiro atoms. The standard InChI is InChI=1S/C13H25NO/c1-9-7-10(2)13(12(15)8-9)14(3)11-5-4-6-11/h9-13,15H,4-8H2,1-3H3. The van der Waals surface area contributed by atoms with Gasteiger partial charge in [-0.25, -0.2) is 0 Å². The molecule has 2 heteroatoms. The minimum Gasteiger partial charge on any atom is -0.391 e. The van der Waals surface area contributed by atoms with Crippen molar-refractivity contribution < 1.29 is 5.11 Å². The second-order valence-electron chi connectivity index (χ2n) is 5.86. The van der Waals surface area contributed by atoms with E-state index in [1.54, 1.807) is 0 Å². The molecule has 0 aromatic heterocycles. The maximum Gasteiger partial charge on any atom is 0.0700 e. The summed E-state index contributed by atoms with van der Waals surface area (Å²) in [5, 5.41) is 10.2. The van der Waals surface area contributed by atoms with Crippen LogP contribution in [0.1, 0.15) is 46.0 Å². The van der Waals surface area contributed by atoms with Gasteiger partial charge in [0, 0.05) is 12.1 Å². The summed E-state index contributed by atoms with van der Waals surface area (Å²) in [6, 6.07) is 1.16. The third kappa shape index (κ3) is 2.21. The molecule has 15 heavy (non-hydrogen) atoms. The summed E-state index contributed by atoms with van der Waals surface area (Å²) in [7, 11) is 2.21. The highest BCUT2D eigenvalue weighted by Gasteiger charge is 2.38. The summed E-state index contributed by atoms with van der Waals surface area (Å²) in [4.78, 5) is 2.46. The molecular formula is C13H25NO. The number of likely N-dealkylation sites (N-methyl/N-ethyl adjacent to an activating group) is 1. The topological polar surface area (TPSA) is 23.5 Å². The molecule has 4 unspecified atom stereocenters. The van der Waals surface area contributed by atoms with Crippen LogP contribution < -0.4 is 0 Å². The number of aliphatic hydroxyl groups is 1. The lowest BCUT2D eigenvalue weighted by molar-refractivity contribution is -0.0429.